The van der Waals surface area contributed by atoms with Gasteiger partial charge in [-0.2, -0.15) is 0 Å². The SMILES string of the molecule is CCc1ccc(CNCc2sccc2CC)o1. The van der Waals surface area contributed by atoms with E-state index in [9.17, 15) is 0 Å². The lowest BCUT2D eigenvalue weighted by atomic mass is 10.2. The summed E-state index contributed by atoms with van der Waals surface area (Å²) in [5.74, 6) is 2.09. The van der Waals surface area contributed by atoms with Crippen molar-refractivity contribution < 1.29 is 4.42 Å². The zero-order chi connectivity index (χ0) is 12.1. The third-order valence-corrected chi connectivity index (χ3v) is 3.83. The van der Waals surface area contributed by atoms with Crippen molar-refractivity contribution in [3.63, 3.8) is 0 Å². The monoisotopic (exact) mass is 249 g/mol. The second-order valence-electron chi connectivity index (χ2n) is 4.05. The fourth-order valence-electron chi connectivity index (χ4n) is 1.84. The Bertz CT molecular complexity index is 458. The van der Waals surface area contributed by atoms with Crippen LogP contribution in [0.4, 0.5) is 0 Å². The minimum atomic E-state index is 0.807. The molecule has 0 fully saturated rings. The molecule has 0 aliphatic heterocycles. The van der Waals surface area contributed by atoms with Crippen LogP contribution in [0.25, 0.3) is 0 Å². The molecule has 2 aromatic heterocycles. The normalized spacial score (nSPS) is 10.9. The van der Waals surface area contributed by atoms with E-state index >= 15 is 0 Å². The second kappa shape index (κ2) is 6.03. The Kier molecular flexibility index (Phi) is 4.40. The Morgan fingerprint density at radius 1 is 1.06 bits per heavy atom. The van der Waals surface area contributed by atoms with Crippen molar-refractivity contribution in [2.24, 2.45) is 0 Å². The molecule has 1 N–H and O–H groups in total. The Morgan fingerprint density at radius 2 is 1.88 bits per heavy atom. The summed E-state index contributed by atoms with van der Waals surface area (Å²) in [6.07, 6.45) is 2.08. The zero-order valence-corrected chi connectivity index (χ0v) is 11.3. The lowest BCUT2D eigenvalue weighted by molar-refractivity contribution is 0.450. The van der Waals surface area contributed by atoms with Gasteiger partial charge in [0.15, 0.2) is 0 Å². The number of nitrogens with one attached hydrogen (secondary N) is 1. The van der Waals surface area contributed by atoms with E-state index in [1.54, 1.807) is 0 Å². The average molecular weight is 249 g/mol. The standard InChI is InChI=1S/C14H19NOS/c1-3-11-7-8-17-14(11)10-15-9-13-6-5-12(4-2)16-13/h5-8,15H,3-4,9-10H2,1-2H3. The van der Waals surface area contributed by atoms with E-state index in [1.807, 2.05) is 11.3 Å². The first-order valence-electron chi connectivity index (χ1n) is 6.17. The van der Waals surface area contributed by atoms with Crippen LogP contribution in [0.3, 0.4) is 0 Å². The molecule has 2 rings (SSSR count). The zero-order valence-electron chi connectivity index (χ0n) is 10.5. The van der Waals surface area contributed by atoms with Gasteiger partial charge in [-0.1, -0.05) is 13.8 Å². The molecule has 17 heavy (non-hydrogen) atoms. The summed E-state index contributed by atoms with van der Waals surface area (Å²) >= 11 is 1.83. The molecule has 0 aliphatic rings. The maximum absolute atomic E-state index is 5.65. The Morgan fingerprint density at radius 3 is 2.59 bits per heavy atom. The Hall–Kier alpha value is -1.06. The van der Waals surface area contributed by atoms with Crippen LogP contribution in [-0.2, 0) is 25.9 Å². The summed E-state index contributed by atoms with van der Waals surface area (Å²) in [5.41, 5.74) is 1.45. The number of hydrogen-bond donors (Lipinski definition) is 1. The van der Waals surface area contributed by atoms with Crippen LogP contribution in [0.15, 0.2) is 28.0 Å². The molecule has 2 nitrogen and oxygen atoms in total. The molecule has 0 aliphatic carbocycles. The Balaban J connectivity index is 1.83. The molecule has 0 saturated carbocycles. The van der Waals surface area contributed by atoms with E-state index in [1.165, 1.54) is 10.4 Å². The van der Waals surface area contributed by atoms with E-state index in [0.717, 1.165) is 37.5 Å². The average Bonchev–Trinajstić information content (AvgIpc) is 2.97. The number of hydrogen-bond acceptors (Lipinski definition) is 3. The molecular formula is C14H19NOS. The third kappa shape index (κ3) is 3.20. The minimum absolute atomic E-state index is 0.807. The molecule has 2 heterocycles. The van der Waals surface area contributed by atoms with Crippen LogP contribution in [0, 0.1) is 0 Å². The highest BCUT2D eigenvalue weighted by Crippen LogP contribution is 2.17. The molecule has 2 aromatic rings. The van der Waals surface area contributed by atoms with Crippen LogP contribution in [0.1, 0.15) is 35.8 Å². The number of rotatable bonds is 6. The fourth-order valence-corrected chi connectivity index (χ4v) is 2.79. The van der Waals surface area contributed by atoms with Gasteiger partial charge >= 0.3 is 0 Å². The van der Waals surface area contributed by atoms with Crippen molar-refractivity contribution in [3.05, 3.63) is 45.5 Å². The molecule has 0 aromatic carbocycles. The van der Waals surface area contributed by atoms with Crippen molar-refractivity contribution in [1.29, 1.82) is 0 Å². The highest BCUT2D eigenvalue weighted by atomic mass is 32.1. The first-order valence-corrected chi connectivity index (χ1v) is 7.05. The van der Waals surface area contributed by atoms with Crippen molar-refractivity contribution in [3.8, 4) is 0 Å². The lowest BCUT2D eigenvalue weighted by Gasteiger charge is -2.03. The van der Waals surface area contributed by atoms with Crippen LogP contribution >= 0.6 is 11.3 Å². The molecule has 0 spiro atoms. The third-order valence-electron chi connectivity index (χ3n) is 2.87. The van der Waals surface area contributed by atoms with Gasteiger partial charge in [-0.3, -0.25) is 0 Å². The van der Waals surface area contributed by atoms with Crippen LogP contribution < -0.4 is 5.32 Å². The van der Waals surface area contributed by atoms with E-state index < -0.39 is 0 Å². The Labute approximate surface area is 107 Å². The molecule has 0 unspecified atom stereocenters. The van der Waals surface area contributed by atoms with Crippen molar-refractivity contribution >= 4 is 11.3 Å². The van der Waals surface area contributed by atoms with Crippen LogP contribution in [0.5, 0.6) is 0 Å². The maximum Gasteiger partial charge on any atom is 0.117 e. The van der Waals surface area contributed by atoms with E-state index in [0.29, 0.717) is 0 Å². The fraction of sp³-hybridized carbons (Fsp3) is 0.429. The second-order valence-corrected chi connectivity index (χ2v) is 5.05. The quantitative estimate of drug-likeness (QED) is 0.843. The van der Waals surface area contributed by atoms with Crippen molar-refractivity contribution in [1.82, 2.24) is 5.32 Å². The lowest BCUT2D eigenvalue weighted by Crippen LogP contribution is -2.12. The topological polar surface area (TPSA) is 25.2 Å². The maximum atomic E-state index is 5.65. The first-order chi connectivity index (χ1) is 8.33. The van der Waals surface area contributed by atoms with Gasteiger partial charge in [0.2, 0.25) is 0 Å². The predicted molar refractivity (Wildman–Crippen MR) is 72.3 cm³/mol. The molecule has 0 bridgehead atoms. The minimum Gasteiger partial charge on any atom is -0.465 e. The van der Waals surface area contributed by atoms with Gasteiger partial charge in [0, 0.05) is 17.8 Å². The summed E-state index contributed by atoms with van der Waals surface area (Å²) < 4.78 is 5.65. The molecule has 0 saturated heterocycles. The van der Waals surface area contributed by atoms with E-state index in [2.05, 4.69) is 42.7 Å². The molecule has 0 atom stereocenters. The van der Waals surface area contributed by atoms with E-state index in [4.69, 9.17) is 4.42 Å². The van der Waals surface area contributed by atoms with Gasteiger partial charge in [-0.25, -0.2) is 0 Å². The number of thiophene rings is 1. The summed E-state index contributed by atoms with van der Waals surface area (Å²) in [6, 6.07) is 6.32. The van der Waals surface area contributed by atoms with Crippen molar-refractivity contribution in [2.75, 3.05) is 0 Å². The summed E-state index contributed by atoms with van der Waals surface area (Å²) in [4.78, 5) is 1.44. The summed E-state index contributed by atoms with van der Waals surface area (Å²) in [5, 5.41) is 5.60. The van der Waals surface area contributed by atoms with Crippen molar-refractivity contribution in [2.45, 2.75) is 39.8 Å². The van der Waals surface area contributed by atoms with Gasteiger partial charge in [0.1, 0.15) is 11.5 Å². The highest BCUT2D eigenvalue weighted by Gasteiger charge is 2.03. The predicted octanol–water partition coefficient (Wildman–Crippen LogP) is 3.76. The first kappa shape index (κ1) is 12.4. The smallest absolute Gasteiger partial charge is 0.117 e. The number of furan rings is 1. The molecule has 0 amide bonds. The van der Waals surface area contributed by atoms with Gasteiger partial charge in [0.05, 0.1) is 6.54 Å². The largest absolute Gasteiger partial charge is 0.465 e. The summed E-state index contributed by atoms with van der Waals surface area (Å²) in [7, 11) is 0. The van der Waals surface area contributed by atoms with Gasteiger partial charge in [-0.15, -0.1) is 11.3 Å². The van der Waals surface area contributed by atoms with Gasteiger partial charge < -0.3 is 9.73 Å². The summed E-state index contributed by atoms with van der Waals surface area (Å²) in [6.45, 7) is 6.05. The van der Waals surface area contributed by atoms with Crippen LogP contribution in [-0.4, -0.2) is 0 Å². The molecule has 0 radical (unpaired) electrons. The van der Waals surface area contributed by atoms with E-state index in [-0.39, 0.29) is 0 Å². The van der Waals surface area contributed by atoms with Gasteiger partial charge in [-0.05, 0) is 35.6 Å². The van der Waals surface area contributed by atoms with Gasteiger partial charge in [0.25, 0.3) is 0 Å². The number of aryl methyl sites for hydroxylation is 2. The molecular weight excluding hydrogens is 230 g/mol. The molecule has 3 heteroatoms. The molecule has 92 valence electrons. The van der Waals surface area contributed by atoms with Crippen LogP contribution in [0.2, 0.25) is 0 Å². The highest BCUT2D eigenvalue weighted by molar-refractivity contribution is 7.10.